The van der Waals surface area contributed by atoms with Crippen LogP contribution in [0.1, 0.15) is 12.5 Å². The zero-order valence-corrected chi connectivity index (χ0v) is 13.7. The van der Waals surface area contributed by atoms with E-state index >= 15 is 0 Å². The third-order valence-electron chi connectivity index (χ3n) is 3.44. The first-order chi connectivity index (χ1) is 11.5. The number of halogens is 3. The number of aliphatic hydroxyl groups excluding tert-OH is 1. The van der Waals surface area contributed by atoms with Gasteiger partial charge in [0, 0.05) is 0 Å². The van der Waals surface area contributed by atoms with E-state index < -0.39 is 46.0 Å². The molecule has 4 atom stereocenters. The maximum atomic E-state index is 12.4. The highest BCUT2D eigenvalue weighted by atomic mass is 32.2. The number of ether oxygens (including phenoxy) is 2. The molecule has 1 aromatic rings. The third kappa shape index (κ3) is 4.48. The summed E-state index contributed by atoms with van der Waals surface area (Å²) < 4.78 is 73.3. The number of hydrogen-bond donors (Lipinski definition) is 1. The second kappa shape index (κ2) is 7.28. The first-order valence-corrected chi connectivity index (χ1v) is 8.47. The molecule has 0 saturated carbocycles. The molecule has 0 amide bonds. The van der Waals surface area contributed by atoms with Gasteiger partial charge >= 0.3 is 21.6 Å². The molecule has 1 saturated heterocycles. The summed E-state index contributed by atoms with van der Waals surface area (Å²) in [5, 5.41) is 10.1. The Morgan fingerprint density at radius 3 is 2.40 bits per heavy atom. The van der Waals surface area contributed by atoms with Gasteiger partial charge in [-0.1, -0.05) is 30.3 Å². The molecule has 0 aromatic heterocycles. The molecule has 1 N–H and O–H groups in total. The summed E-state index contributed by atoms with van der Waals surface area (Å²) in [7, 11) is -6.09. The Morgan fingerprint density at radius 1 is 1.24 bits per heavy atom. The van der Waals surface area contributed by atoms with Crippen LogP contribution in [0.5, 0.6) is 0 Å². The topological polar surface area (TPSA) is 99.1 Å². The summed E-state index contributed by atoms with van der Waals surface area (Å²) in [4.78, 5) is 11.6. The van der Waals surface area contributed by atoms with Crippen LogP contribution in [-0.4, -0.2) is 49.4 Å². The summed E-state index contributed by atoms with van der Waals surface area (Å²) in [5.41, 5.74) is -5.05. The normalized spacial score (nSPS) is 27.8. The van der Waals surface area contributed by atoms with E-state index in [9.17, 15) is 31.5 Å². The number of benzene rings is 1. The van der Waals surface area contributed by atoms with Crippen LogP contribution in [-0.2, 0) is 35.2 Å². The van der Waals surface area contributed by atoms with Crippen molar-refractivity contribution in [3.05, 3.63) is 35.9 Å². The van der Waals surface area contributed by atoms with Crippen LogP contribution in [0.15, 0.2) is 30.3 Å². The molecule has 0 bridgehead atoms. The van der Waals surface area contributed by atoms with Gasteiger partial charge in [-0.25, -0.2) is 8.98 Å². The Labute approximate surface area is 141 Å². The van der Waals surface area contributed by atoms with Crippen molar-refractivity contribution >= 4 is 16.1 Å². The predicted octanol–water partition coefficient (Wildman–Crippen LogP) is 1.11. The maximum absolute atomic E-state index is 12.4. The fourth-order valence-corrected chi connectivity index (χ4v) is 2.77. The van der Waals surface area contributed by atoms with Gasteiger partial charge in [0.2, 0.25) is 6.10 Å². The van der Waals surface area contributed by atoms with Crippen LogP contribution in [0.2, 0.25) is 0 Å². The molecule has 0 unspecified atom stereocenters. The van der Waals surface area contributed by atoms with Crippen LogP contribution in [0.25, 0.3) is 0 Å². The van der Waals surface area contributed by atoms with Gasteiger partial charge < -0.3 is 14.6 Å². The maximum Gasteiger partial charge on any atom is 0.523 e. The fraction of sp³-hybridized carbons (Fsp3) is 0.500. The lowest BCUT2D eigenvalue weighted by molar-refractivity contribution is -0.207. The van der Waals surface area contributed by atoms with E-state index in [1.807, 2.05) is 0 Å². The quantitative estimate of drug-likeness (QED) is 0.461. The molecule has 1 heterocycles. The van der Waals surface area contributed by atoms with Crippen molar-refractivity contribution < 1.29 is 45.1 Å². The lowest BCUT2D eigenvalue weighted by Crippen LogP contribution is -2.57. The van der Waals surface area contributed by atoms with E-state index in [0.29, 0.717) is 5.56 Å². The Morgan fingerprint density at radius 2 is 1.84 bits per heavy atom. The SMILES string of the molecule is C[C@@H]1OC(=O)[C@H](OS(=O)(=O)C(F)(F)F)[C@H](O)[C@H]1OCc1ccccc1. The lowest BCUT2D eigenvalue weighted by atomic mass is 10.0. The molecule has 7 nitrogen and oxygen atoms in total. The second-order valence-corrected chi connectivity index (χ2v) is 6.87. The summed E-state index contributed by atoms with van der Waals surface area (Å²) in [5.74, 6) is -1.42. The molecule has 0 spiro atoms. The molecule has 2 rings (SSSR count). The number of alkyl halides is 3. The number of esters is 1. The average Bonchev–Trinajstić information content (AvgIpc) is 2.51. The van der Waals surface area contributed by atoms with Crippen LogP contribution in [0.4, 0.5) is 13.2 Å². The summed E-state index contributed by atoms with van der Waals surface area (Å²) >= 11 is 0. The fourth-order valence-electron chi connectivity index (χ4n) is 2.19. The summed E-state index contributed by atoms with van der Waals surface area (Å²) in [6.07, 6.45) is -6.62. The molecule has 140 valence electrons. The zero-order valence-electron chi connectivity index (χ0n) is 12.8. The van der Waals surface area contributed by atoms with E-state index in [4.69, 9.17) is 9.47 Å². The molecule has 25 heavy (non-hydrogen) atoms. The van der Waals surface area contributed by atoms with Gasteiger partial charge in [0.15, 0.2) is 0 Å². The first-order valence-electron chi connectivity index (χ1n) is 7.06. The van der Waals surface area contributed by atoms with Crippen molar-refractivity contribution in [1.29, 1.82) is 0 Å². The van der Waals surface area contributed by atoms with Crippen molar-refractivity contribution in [3.8, 4) is 0 Å². The Hall–Kier alpha value is -1.69. The highest BCUT2D eigenvalue weighted by Gasteiger charge is 2.54. The number of carbonyl (C=O) groups is 1. The molecule has 0 radical (unpaired) electrons. The van der Waals surface area contributed by atoms with Crippen molar-refractivity contribution in [3.63, 3.8) is 0 Å². The molecule has 1 aromatic carbocycles. The number of hydrogen-bond acceptors (Lipinski definition) is 7. The smallest absolute Gasteiger partial charge is 0.458 e. The molecular weight excluding hydrogens is 369 g/mol. The van der Waals surface area contributed by atoms with Crippen LogP contribution >= 0.6 is 0 Å². The monoisotopic (exact) mass is 384 g/mol. The van der Waals surface area contributed by atoms with Crippen molar-refractivity contribution in [2.45, 2.75) is 43.5 Å². The Balaban J connectivity index is 2.12. The number of rotatable bonds is 5. The Bertz CT molecular complexity index is 705. The lowest BCUT2D eigenvalue weighted by Gasteiger charge is -2.36. The van der Waals surface area contributed by atoms with Gasteiger partial charge in [0.1, 0.15) is 18.3 Å². The highest BCUT2D eigenvalue weighted by molar-refractivity contribution is 7.87. The molecule has 1 aliphatic heterocycles. The van der Waals surface area contributed by atoms with Crippen LogP contribution in [0.3, 0.4) is 0 Å². The molecule has 1 aliphatic rings. The largest absolute Gasteiger partial charge is 0.523 e. The van der Waals surface area contributed by atoms with Gasteiger partial charge in [-0.15, -0.1) is 0 Å². The molecule has 0 aliphatic carbocycles. The molecule has 1 fully saturated rings. The minimum absolute atomic E-state index is 0.0385. The van der Waals surface area contributed by atoms with E-state index in [0.717, 1.165) is 0 Å². The number of cyclic esters (lactones) is 1. The second-order valence-electron chi connectivity index (χ2n) is 5.31. The standard InChI is InChI=1S/C14H15F3O7S/c1-8-11(22-7-9-5-3-2-4-6-9)10(18)12(13(19)23-8)24-25(20,21)14(15,16)17/h2-6,8,10-12,18H,7H2,1H3/t8-,10+,11-,12+/m0/s1. The van der Waals surface area contributed by atoms with Crippen LogP contribution in [0, 0.1) is 0 Å². The molecule has 11 heteroatoms. The van der Waals surface area contributed by atoms with Gasteiger partial charge in [0.25, 0.3) is 0 Å². The van der Waals surface area contributed by atoms with E-state index in [2.05, 4.69) is 4.18 Å². The van der Waals surface area contributed by atoms with E-state index in [1.54, 1.807) is 30.3 Å². The highest BCUT2D eigenvalue weighted by Crippen LogP contribution is 2.30. The summed E-state index contributed by atoms with van der Waals surface area (Å²) in [6.45, 7) is 1.31. The van der Waals surface area contributed by atoms with Gasteiger partial charge in [-0.05, 0) is 12.5 Å². The molecular formula is C14H15F3O7S. The van der Waals surface area contributed by atoms with E-state index in [-0.39, 0.29) is 6.61 Å². The minimum Gasteiger partial charge on any atom is -0.458 e. The van der Waals surface area contributed by atoms with Crippen LogP contribution < -0.4 is 0 Å². The predicted molar refractivity (Wildman–Crippen MR) is 76.4 cm³/mol. The van der Waals surface area contributed by atoms with Crippen molar-refractivity contribution in [2.24, 2.45) is 0 Å². The van der Waals surface area contributed by atoms with Gasteiger partial charge in [-0.2, -0.15) is 21.6 Å². The Kier molecular flexibility index (Phi) is 5.72. The van der Waals surface area contributed by atoms with Gasteiger partial charge in [-0.3, -0.25) is 0 Å². The summed E-state index contributed by atoms with van der Waals surface area (Å²) in [6, 6.07) is 8.61. The number of aliphatic hydroxyl groups is 1. The van der Waals surface area contributed by atoms with E-state index in [1.165, 1.54) is 6.92 Å². The number of carbonyl (C=O) groups excluding carboxylic acids is 1. The average molecular weight is 384 g/mol. The van der Waals surface area contributed by atoms with Crippen molar-refractivity contribution in [1.82, 2.24) is 0 Å². The zero-order chi connectivity index (χ0) is 18.8. The van der Waals surface area contributed by atoms with Crippen molar-refractivity contribution in [2.75, 3.05) is 0 Å². The van der Waals surface area contributed by atoms with Gasteiger partial charge in [0.05, 0.1) is 6.61 Å². The third-order valence-corrected chi connectivity index (χ3v) is 4.47. The minimum atomic E-state index is -6.09. The first kappa shape index (κ1) is 19.6.